The maximum atomic E-state index is 12.5. The molecule has 3 N–H and O–H groups in total. The third-order valence-corrected chi connectivity index (χ3v) is 5.10. The minimum atomic E-state index is -2.33. The number of carbonyl (C=O) groups excluding carboxylic acids is 5. The molecule has 0 saturated carbocycles. The maximum absolute atomic E-state index is 12.5. The van der Waals surface area contributed by atoms with Crippen molar-refractivity contribution < 1.29 is 43.4 Å². The van der Waals surface area contributed by atoms with Crippen molar-refractivity contribution in [2.24, 2.45) is 0 Å². The first-order valence-corrected chi connectivity index (χ1v) is 9.68. The average molecular weight is 461 g/mol. The molecule has 30 heavy (non-hydrogen) atoms. The summed E-state index contributed by atoms with van der Waals surface area (Å²) in [5.41, 5.74) is -2.61. The standard InChI is InChI=1S/C15H13ClN4O9S/c16-3-8(21)19-14-18-7(5-30-14)10(23)11(24)17-6-4-28-20(12(6)25)15(13(26)27)2-1-9(22)29-15/h5-6H,1-4H2,(H,17,24)(H,26,27)(H,18,19,21). The van der Waals surface area contributed by atoms with Crippen molar-refractivity contribution in [3.05, 3.63) is 11.1 Å². The third kappa shape index (κ3) is 3.96. The number of aliphatic carboxylic acids is 1. The van der Waals surface area contributed by atoms with Crippen LogP contribution in [0.5, 0.6) is 0 Å². The second-order valence-electron chi connectivity index (χ2n) is 6.07. The van der Waals surface area contributed by atoms with Gasteiger partial charge in [-0.15, -0.1) is 22.9 Å². The minimum absolute atomic E-state index is 0.0506. The van der Waals surface area contributed by atoms with Gasteiger partial charge in [0.2, 0.25) is 5.91 Å². The molecule has 2 atom stereocenters. The number of rotatable bonds is 7. The van der Waals surface area contributed by atoms with E-state index in [1.165, 1.54) is 5.38 Å². The normalized spacial score (nSPS) is 23.2. The van der Waals surface area contributed by atoms with Crippen LogP contribution in [-0.4, -0.2) is 74.9 Å². The average Bonchev–Trinajstić information content (AvgIpc) is 3.41. The van der Waals surface area contributed by atoms with Crippen LogP contribution in [0.2, 0.25) is 0 Å². The number of ether oxygens (including phenoxy) is 1. The molecule has 13 nitrogen and oxygen atoms in total. The summed E-state index contributed by atoms with van der Waals surface area (Å²) in [6, 6.07) is -1.38. The number of esters is 1. The smallest absolute Gasteiger partial charge is 0.372 e. The topological polar surface area (TPSA) is 181 Å². The Kier molecular flexibility index (Phi) is 6.00. The van der Waals surface area contributed by atoms with Crippen LogP contribution >= 0.6 is 22.9 Å². The van der Waals surface area contributed by atoms with Crippen LogP contribution in [0.3, 0.4) is 0 Å². The van der Waals surface area contributed by atoms with E-state index in [-0.39, 0.29) is 29.5 Å². The molecule has 15 heteroatoms. The highest BCUT2D eigenvalue weighted by molar-refractivity contribution is 7.14. The predicted molar refractivity (Wildman–Crippen MR) is 96.2 cm³/mol. The Morgan fingerprint density at radius 1 is 1.37 bits per heavy atom. The van der Waals surface area contributed by atoms with Gasteiger partial charge >= 0.3 is 17.7 Å². The van der Waals surface area contributed by atoms with Crippen LogP contribution in [0.4, 0.5) is 5.13 Å². The number of anilines is 1. The van der Waals surface area contributed by atoms with Gasteiger partial charge in [0.25, 0.3) is 17.6 Å². The summed E-state index contributed by atoms with van der Waals surface area (Å²) in [5.74, 6) is -6.60. The molecule has 2 aliphatic heterocycles. The molecule has 3 rings (SSSR count). The maximum Gasteiger partial charge on any atom is 0.372 e. The number of nitrogens with one attached hydrogen (secondary N) is 2. The minimum Gasteiger partial charge on any atom is -0.477 e. The molecule has 0 aromatic carbocycles. The molecule has 0 radical (unpaired) electrons. The van der Waals surface area contributed by atoms with Crippen molar-refractivity contribution >= 4 is 63.5 Å². The number of hydroxylamine groups is 2. The number of hydrogen-bond acceptors (Lipinski definition) is 10. The predicted octanol–water partition coefficient (Wildman–Crippen LogP) is -1.12. The van der Waals surface area contributed by atoms with Crippen LogP contribution in [0, 0.1) is 0 Å². The first-order chi connectivity index (χ1) is 14.2. The fourth-order valence-electron chi connectivity index (χ4n) is 2.68. The summed E-state index contributed by atoms with van der Waals surface area (Å²) < 4.78 is 4.79. The number of hydrogen-bond donors (Lipinski definition) is 3. The van der Waals surface area contributed by atoms with Gasteiger partial charge in [-0.3, -0.25) is 28.8 Å². The van der Waals surface area contributed by atoms with Gasteiger partial charge in [-0.05, 0) is 0 Å². The molecule has 0 bridgehead atoms. The molecule has 3 amide bonds. The number of ketones is 1. The number of Topliss-reactive ketones (excluding diaryl/α,β-unsaturated/α-hetero) is 1. The number of carboxylic acid groups (broad SMARTS) is 1. The summed E-state index contributed by atoms with van der Waals surface area (Å²) in [4.78, 5) is 80.0. The number of nitrogens with zero attached hydrogens (tertiary/aromatic N) is 2. The Labute approximate surface area is 176 Å². The van der Waals surface area contributed by atoms with E-state index in [9.17, 15) is 33.9 Å². The lowest BCUT2D eigenvalue weighted by molar-refractivity contribution is -0.256. The van der Waals surface area contributed by atoms with E-state index in [2.05, 4.69) is 15.6 Å². The van der Waals surface area contributed by atoms with E-state index in [1.54, 1.807) is 0 Å². The van der Waals surface area contributed by atoms with E-state index in [4.69, 9.17) is 21.2 Å². The third-order valence-electron chi connectivity index (χ3n) is 4.10. The van der Waals surface area contributed by atoms with Gasteiger partial charge in [-0.25, -0.2) is 9.78 Å². The molecule has 2 aliphatic rings. The molecule has 0 spiro atoms. The SMILES string of the molecule is O=C(CCl)Nc1nc(C(=O)C(=O)NC2CON(C3(C(=O)O)CCC(=O)O3)C2=O)cs1. The van der Waals surface area contributed by atoms with E-state index in [0.29, 0.717) is 5.06 Å². The van der Waals surface area contributed by atoms with Crippen molar-refractivity contribution in [1.82, 2.24) is 15.4 Å². The van der Waals surface area contributed by atoms with Crippen LogP contribution in [0.1, 0.15) is 23.3 Å². The number of cyclic esters (lactones) is 1. The Bertz CT molecular complexity index is 950. The monoisotopic (exact) mass is 460 g/mol. The van der Waals surface area contributed by atoms with E-state index in [0.717, 1.165) is 11.3 Å². The van der Waals surface area contributed by atoms with Crippen molar-refractivity contribution in [3.63, 3.8) is 0 Å². The quantitative estimate of drug-likeness (QED) is 0.195. The molecule has 2 unspecified atom stereocenters. The second kappa shape index (κ2) is 8.33. The summed E-state index contributed by atoms with van der Waals surface area (Å²) in [6.45, 7) is -0.474. The summed E-state index contributed by atoms with van der Waals surface area (Å²) in [6.07, 6.45) is -0.566. The lowest BCUT2D eigenvalue weighted by Gasteiger charge is -2.30. The van der Waals surface area contributed by atoms with Gasteiger partial charge in [0.05, 0.1) is 6.42 Å². The number of carboxylic acids is 1. The summed E-state index contributed by atoms with van der Waals surface area (Å²) >= 11 is 6.23. The zero-order valence-electron chi connectivity index (χ0n) is 14.9. The molecular formula is C15H13ClN4O9S. The number of aromatic nitrogens is 1. The van der Waals surface area contributed by atoms with Crippen molar-refractivity contribution in [3.8, 4) is 0 Å². The van der Waals surface area contributed by atoms with Gasteiger partial charge < -0.3 is 20.5 Å². The van der Waals surface area contributed by atoms with Crippen molar-refractivity contribution in [2.75, 3.05) is 17.8 Å². The lowest BCUT2D eigenvalue weighted by atomic mass is 10.1. The fraction of sp³-hybridized carbons (Fsp3) is 0.400. The van der Waals surface area contributed by atoms with Crippen LogP contribution < -0.4 is 10.6 Å². The van der Waals surface area contributed by atoms with Crippen molar-refractivity contribution in [2.45, 2.75) is 24.6 Å². The first kappa shape index (κ1) is 21.6. The molecule has 3 heterocycles. The summed E-state index contributed by atoms with van der Waals surface area (Å²) in [7, 11) is 0. The van der Waals surface area contributed by atoms with Crippen LogP contribution in [-0.2, 0) is 33.5 Å². The highest BCUT2D eigenvalue weighted by atomic mass is 35.5. The number of halogens is 1. The van der Waals surface area contributed by atoms with Gasteiger partial charge in [0, 0.05) is 11.8 Å². The van der Waals surface area contributed by atoms with E-state index in [1.807, 2.05) is 0 Å². The zero-order chi connectivity index (χ0) is 22.1. The second-order valence-corrected chi connectivity index (χ2v) is 7.19. The van der Waals surface area contributed by atoms with Gasteiger partial charge in [0.15, 0.2) is 5.13 Å². The van der Waals surface area contributed by atoms with E-state index < -0.39 is 53.8 Å². The number of amides is 3. The first-order valence-electron chi connectivity index (χ1n) is 8.26. The molecule has 1 aromatic rings. The highest BCUT2D eigenvalue weighted by Crippen LogP contribution is 2.34. The van der Waals surface area contributed by atoms with Crippen molar-refractivity contribution in [1.29, 1.82) is 0 Å². The zero-order valence-corrected chi connectivity index (χ0v) is 16.4. The van der Waals surface area contributed by atoms with Crippen LogP contribution in [0.25, 0.3) is 0 Å². The molecule has 1 aromatic heterocycles. The fourth-order valence-corrected chi connectivity index (χ4v) is 3.46. The largest absolute Gasteiger partial charge is 0.477 e. The molecule has 160 valence electrons. The van der Waals surface area contributed by atoms with Gasteiger partial charge in [-0.2, -0.15) is 5.06 Å². The Hall–Kier alpha value is -3.10. The molecular weight excluding hydrogens is 448 g/mol. The van der Waals surface area contributed by atoms with Gasteiger partial charge in [-0.1, -0.05) is 0 Å². The Morgan fingerprint density at radius 2 is 2.10 bits per heavy atom. The number of alkyl halides is 1. The van der Waals surface area contributed by atoms with Gasteiger partial charge in [0.1, 0.15) is 24.2 Å². The Balaban J connectivity index is 1.65. The molecule has 2 fully saturated rings. The Morgan fingerprint density at radius 3 is 2.70 bits per heavy atom. The molecule has 0 aliphatic carbocycles. The number of thiazole rings is 1. The van der Waals surface area contributed by atoms with Crippen LogP contribution in [0.15, 0.2) is 5.38 Å². The summed E-state index contributed by atoms with van der Waals surface area (Å²) in [5, 5.41) is 15.5. The molecule has 2 saturated heterocycles. The lowest BCUT2D eigenvalue weighted by Crippen LogP contribution is -2.57. The van der Waals surface area contributed by atoms with E-state index >= 15 is 0 Å². The number of carbonyl (C=O) groups is 6. The highest BCUT2D eigenvalue weighted by Gasteiger charge is 2.59.